The molecule has 2 unspecified atom stereocenters. The highest BCUT2D eigenvalue weighted by molar-refractivity contribution is 7.42. The van der Waals surface area contributed by atoms with Crippen LogP contribution in [0.4, 0.5) is 0 Å². The molecule has 3 aromatic carbocycles. The average molecular weight is 353 g/mol. The molecule has 2 heteroatoms. The summed E-state index contributed by atoms with van der Waals surface area (Å²) in [6.07, 6.45) is 5.67. The van der Waals surface area contributed by atoms with Crippen molar-refractivity contribution in [1.29, 1.82) is 5.26 Å². The maximum Gasteiger partial charge on any atom is 0.0998 e. The van der Waals surface area contributed by atoms with Gasteiger partial charge in [0.1, 0.15) is 0 Å². The molecule has 126 valence electrons. The first-order valence-corrected chi connectivity index (χ1v) is 10.2. The maximum absolute atomic E-state index is 9.66. The zero-order valence-electron chi connectivity index (χ0n) is 14.7. The second-order valence-electron chi connectivity index (χ2n) is 6.62. The fourth-order valence-electron chi connectivity index (χ4n) is 3.56. The number of benzene rings is 3. The lowest BCUT2D eigenvalue weighted by Gasteiger charge is -2.18. The summed E-state index contributed by atoms with van der Waals surface area (Å²) in [5.41, 5.74) is 5.52. The van der Waals surface area contributed by atoms with Crippen LogP contribution in [0.1, 0.15) is 24.0 Å². The molecule has 1 heterocycles. The molecule has 0 saturated carbocycles. The summed E-state index contributed by atoms with van der Waals surface area (Å²) in [5, 5.41) is 12.0. The normalized spacial score (nSPS) is 15.6. The Bertz CT molecular complexity index is 1060. The van der Waals surface area contributed by atoms with E-state index in [1.165, 1.54) is 21.9 Å². The van der Waals surface area contributed by atoms with E-state index in [9.17, 15) is 5.26 Å². The minimum atomic E-state index is 0.334. The molecule has 1 aliphatic rings. The standard InChI is InChI=1S/C24H20NP/c1-17(21-8-5-13-26-16-21)19-11-12-20(15-25)24(14-19)23-10-4-7-18-6-2-3-9-22(18)23/h2-12,14,16-17,26H,13H2,1H3. The molecule has 0 fully saturated rings. The van der Waals surface area contributed by atoms with E-state index in [4.69, 9.17) is 0 Å². The topological polar surface area (TPSA) is 23.8 Å². The molecule has 0 N–H and O–H groups in total. The summed E-state index contributed by atoms with van der Waals surface area (Å²) in [4.78, 5) is 0. The maximum atomic E-state index is 9.66. The van der Waals surface area contributed by atoms with E-state index in [2.05, 4.69) is 85.6 Å². The SMILES string of the molecule is CC(C1=CPCC=C1)c1ccc(C#N)c(-c2cccc3ccccc23)c1. The molecule has 0 aromatic heterocycles. The monoisotopic (exact) mass is 353 g/mol. The summed E-state index contributed by atoms with van der Waals surface area (Å²) in [6, 6.07) is 23.3. The van der Waals surface area contributed by atoms with Gasteiger partial charge in [-0.2, -0.15) is 5.26 Å². The van der Waals surface area contributed by atoms with Gasteiger partial charge in [-0.3, -0.25) is 0 Å². The van der Waals surface area contributed by atoms with Gasteiger partial charge < -0.3 is 0 Å². The predicted octanol–water partition coefficient (Wildman–Crippen LogP) is 6.61. The van der Waals surface area contributed by atoms with E-state index in [1.807, 2.05) is 6.07 Å². The number of hydrogen-bond acceptors (Lipinski definition) is 1. The number of rotatable bonds is 3. The van der Waals surface area contributed by atoms with Crippen molar-refractivity contribution >= 4 is 19.4 Å². The molecule has 1 aliphatic heterocycles. The average Bonchev–Trinajstić information content (AvgIpc) is 2.73. The number of hydrogen-bond donors (Lipinski definition) is 0. The van der Waals surface area contributed by atoms with Gasteiger partial charge in [0.2, 0.25) is 0 Å². The Morgan fingerprint density at radius 3 is 2.65 bits per heavy atom. The minimum Gasteiger partial charge on any atom is -0.192 e. The van der Waals surface area contributed by atoms with Crippen LogP contribution in [0.5, 0.6) is 0 Å². The van der Waals surface area contributed by atoms with Crippen molar-refractivity contribution in [1.82, 2.24) is 0 Å². The molecule has 0 bridgehead atoms. The first kappa shape index (κ1) is 16.8. The molecular formula is C24H20NP. The smallest absolute Gasteiger partial charge is 0.0998 e. The van der Waals surface area contributed by atoms with Gasteiger partial charge in [-0.1, -0.05) is 82.0 Å². The van der Waals surface area contributed by atoms with Gasteiger partial charge in [0.05, 0.1) is 11.6 Å². The lowest BCUT2D eigenvalue weighted by atomic mass is 9.88. The molecule has 0 amide bonds. The van der Waals surface area contributed by atoms with E-state index in [0.29, 0.717) is 5.92 Å². The van der Waals surface area contributed by atoms with Gasteiger partial charge in [0, 0.05) is 11.5 Å². The van der Waals surface area contributed by atoms with E-state index >= 15 is 0 Å². The molecule has 2 atom stereocenters. The zero-order valence-corrected chi connectivity index (χ0v) is 15.7. The van der Waals surface area contributed by atoms with Crippen LogP contribution in [0.3, 0.4) is 0 Å². The van der Waals surface area contributed by atoms with Crippen molar-refractivity contribution in [2.45, 2.75) is 12.8 Å². The Hall–Kier alpha value is -2.68. The Balaban J connectivity index is 1.86. The van der Waals surface area contributed by atoms with E-state index in [-0.39, 0.29) is 0 Å². The number of fused-ring (bicyclic) bond motifs is 1. The van der Waals surface area contributed by atoms with Gasteiger partial charge >= 0.3 is 0 Å². The van der Waals surface area contributed by atoms with Crippen molar-refractivity contribution in [2.75, 3.05) is 6.16 Å². The highest BCUT2D eigenvalue weighted by Gasteiger charge is 2.15. The highest BCUT2D eigenvalue weighted by Crippen LogP contribution is 2.36. The van der Waals surface area contributed by atoms with E-state index in [1.54, 1.807) is 0 Å². The lowest BCUT2D eigenvalue weighted by Crippen LogP contribution is -1.99. The minimum absolute atomic E-state index is 0.334. The third-order valence-corrected chi connectivity index (χ3v) is 6.07. The fraction of sp³-hybridized carbons (Fsp3) is 0.125. The quantitative estimate of drug-likeness (QED) is 0.486. The van der Waals surface area contributed by atoms with Crippen LogP contribution in [-0.2, 0) is 0 Å². The number of allylic oxidation sites excluding steroid dienone is 3. The molecule has 3 aromatic rings. The summed E-state index contributed by atoms with van der Waals surface area (Å²) in [7, 11) is 0.873. The summed E-state index contributed by atoms with van der Waals surface area (Å²) in [6.45, 7) is 2.25. The third kappa shape index (κ3) is 3.10. The molecule has 0 radical (unpaired) electrons. The summed E-state index contributed by atoms with van der Waals surface area (Å²) in [5.74, 6) is 2.70. The van der Waals surface area contributed by atoms with Crippen molar-refractivity contribution < 1.29 is 0 Å². The Kier molecular flexibility index (Phi) is 4.70. The largest absolute Gasteiger partial charge is 0.192 e. The molecule has 0 aliphatic carbocycles. The summed E-state index contributed by atoms with van der Waals surface area (Å²) >= 11 is 0. The van der Waals surface area contributed by atoms with Gasteiger partial charge in [-0.25, -0.2) is 0 Å². The highest BCUT2D eigenvalue weighted by atomic mass is 31.1. The van der Waals surface area contributed by atoms with Crippen molar-refractivity contribution in [3.05, 3.63) is 95.3 Å². The van der Waals surface area contributed by atoms with Gasteiger partial charge in [-0.15, -0.1) is 0 Å². The van der Waals surface area contributed by atoms with Crippen LogP contribution in [0.2, 0.25) is 0 Å². The van der Waals surface area contributed by atoms with Crippen molar-refractivity contribution in [3.63, 3.8) is 0 Å². The van der Waals surface area contributed by atoms with Crippen LogP contribution in [-0.4, -0.2) is 6.16 Å². The lowest BCUT2D eigenvalue weighted by molar-refractivity contribution is 0.923. The second-order valence-corrected chi connectivity index (χ2v) is 7.73. The van der Waals surface area contributed by atoms with E-state index in [0.717, 1.165) is 31.4 Å². The molecule has 4 rings (SSSR count). The van der Waals surface area contributed by atoms with Crippen molar-refractivity contribution in [2.24, 2.45) is 0 Å². The number of nitrogens with zero attached hydrogens (tertiary/aromatic N) is 1. The third-order valence-electron chi connectivity index (χ3n) is 5.06. The predicted molar refractivity (Wildman–Crippen MR) is 113 cm³/mol. The number of nitriles is 1. The summed E-state index contributed by atoms with van der Waals surface area (Å²) < 4.78 is 0. The Labute approximate surface area is 156 Å². The van der Waals surface area contributed by atoms with Gasteiger partial charge in [0.25, 0.3) is 0 Å². The molecule has 0 spiro atoms. The van der Waals surface area contributed by atoms with E-state index < -0.39 is 0 Å². The van der Waals surface area contributed by atoms with Crippen LogP contribution in [0, 0.1) is 11.3 Å². The first-order chi connectivity index (χ1) is 12.8. The molecule has 26 heavy (non-hydrogen) atoms. The van der Waals surface area contributed by atoms with Crippen LogP contribution < -0.4 is 0 Å². The second kappa shape index (κ2) is 7.28. The fourth-order valence-corrected chi connectivity index (χ4v) is 4.52. The molecule has 1 nitrogen and oxygen atoms in total. The van der Waals surface area contributed by atoms with Crippen LogP contribution in [0.15, 0.2) is 84.2 Å². The van der Waals surface area contributed by atoms with Gasteiger partial charge in [0.15, 0.2) is 0 Å². The van der Waals surface area contributed by atoms with Crippen molar-refractivity contribution in [3.8, 4) is 17.2 Å². The zero-order chi connectivity index (χ0) is 17.9. The first-order valence-electron chi connectivity index (χ1n) is 8.90. The molecule has 0 saturated heterocycles. The van der Waals surface area contributed by atoms with Gasteiger partial charge in [-0.05, 0) is 45.8 Å². The van der Waals surface area contributed by atoms with Crippen LogP contribution >= 0.6 is 8.58 Å². The van der Waals surface area contributed by atoms with Crippen LogP contribution in [0.25, 0.3) is 21.9 Å². The Morgan fingerprint density at radius 1 is 1.00 bits per heavy atom. The Morgan fingerprint density at radius 2 is 1.85 bits per heavy atom. The molecular weight excluding hydrogens is 333 g/mol.